The van der Waals surface area contributed by atoms with Crippen LogP contribution >= 0.6 is 0 Å². The fourth-order valence-corrected chi connectivity index (χ4v) is 3.08. The maximum atomic E-state index is 13.4. The Kier molecular flexibility index (Phi) is 7.94. The zero-order valence-corrected chi connectivity index (χ0v) is 17.8. The molecule has 1 aliphatic rings. The molecule has 10 heteroatoms. The molecule has 1 unspecified atom stereocenters. The minimum atomic E-state index is -4.59. The number of rotatable bonds is 6. The number of benzene rings is 1. The van der Waals surface area contributed by atoms with Crippen LogP contribution in [0.2, 0.25) is 0 Å². The summed E-state index contributed by atoms with van der Waals surface area (Å²) in [5.74, 6) is -0.0712. The third-order valence-electron chi connectivity index (χ3n) is 5.11. The molecule has 3 amide bonds. The highest BCUT2D eigenvalue weighted by Gasteiger charge is 2.35. The lowest BCUT2D eigenvalue weighted by atomic mass is 10.1. The molecule has 1 atom stereocenters. The van der Waals surface area contributed by atoms with Crippen molar-refractivity contribution in [2.45, 2.75) is 32.5 Å². The van der Waals surface area contributed by atoms with Gasteiger partial charge in [0.05, 0.1) is 17.8 Å². The summed E-state index contributed by atoms with van der Waals surface area (Å²) in [6.45, 7) is 5.78. The van der Waals surface area contributed by atoms with Crippen LogP contribution in [0.15, 0.2) is 18.2 Å². The number of nitrogens with zero attached hydrogens (tertiary/aromatic N) is 3. The van der Waals surface area contributed by atoms with E-state index in [4.69, 9.17) is 0 Å². The van der Waals surface area contributed by atoms with E-state index in [1.807, 2.05) is 18.7 Å². The molecule has 2 N–H and O–H groups in total. The largest absolute Gasteiger partial charge is 0.418 e. The van der Waals surface area contributed by atoms with Gasteiger partial charge in [0.2, 0.25) is 5.91 Å². The van der Waals surface area contributed by atoms with E-state index in [0.29, 0.717) is 31.9 Å². The number of anilines is 2. The average molecular weight is 429 g/mol. The van der Waals surface area contributed by atoms with E-state index in [0.717, 1.165) is 12.5 Å². The smallest absolute Gasteiger partial charge is 0.378 e. The first-order chi connectivity index (χ1) is 14.0. The average Bonchev–Trinajstić information content (AvgIpc) is 2.67. The third kappa shape index (κ3) is 6.51. The first-order valence-electron chi connectivity index (χ1n) is 9.97. The van der Waals surface area contributed by atoms with Gasteiger partial charge in [-0.2, -0.15) is 13.2 Å². The summed E-state index contributed by atoms with van der Waals surface area (Å²) < 4.78 is 40.3. The summed E-state index contributed by atoms with van der Waals surface area (Å²) in [6, 6.07) is 3.33. The quantitative estimate of drug-likeness (QED) is 0.730. The van der Waals surface area contributed by atoms with Crippen LogP contribution in [0.5, 0.6) is 0 Å². The van der Waals surface area contributed by atoms with Crippen molar-refractivity contribution in [3.05, 3.63) is 23.8 Å². The number of halogens is 3. The lowest BCUT2D eigenvalue weighted by Crippen LogP contribution is -2.52. The van der Waals surface area contributed by atoms with Gasteiger partial charge in [-0.1, -0.05) is 6.92 Å². The number of carbonyl (C=O) groups excluding carboxylic acids is 2. The van der Waals surface area contributed by atoms with Crippen LogP contribution in [0.25, 0.3) is 0 Å². The minimum absolute atomic E-state index is 0.0712. The fraction of sp³-hybridized carbons (Fsp3) is 0.600. The lowest BCUT2D eigenvalue weighted by Gasteiger charge is -2.34. The van der Waals surface area contributed by atoms with Gasteiger partial charge in [-0.3, -0.25) is 9.69 Å². The van der Waals surface area contributed by atoms with Crippen LogP contribution in [-0.4, -0.2) is 74.6 Å². The Morgan fingerprint density at radius 1 is 1.17 bits per heavy atom. The first kappa shape index (κ1) is 23.8. The van der Waals surface area contributed by atoms with Crippen molar-refractivity contribution in [3.8, 4) is 0 Å². The molecule has 0 saturated carbocycles. The van der Waals surface area contributed by atoms with Gasteiger partial charge in [-0.05, 0) is 31.5 Å². The normalized spacial score (nSPS) is 16.2. The van der Waals surface area contributed by atoms with E-state index < -0.39 is 17.8 Å². The van der Waals surface area contributed by atoms with Crippen molar-refractivity contribution >= 4 is 23.3 Å². The van der Waals surface area contributed by atoms with Crippen molar-refractivity contribution in [1.82, 2.24) is 15.1 Å². The van der Waals surface area contributed by atoms with E-state index in [1.54, 1.807) is 19.0 Å². The van der Waals surface area contributed by atoms with Gasteiger partial charge >= 0.3 is 12.2 Å². The van der Waals surface area contributed by atoms with Crippen LogP contribution in [-0.2, 0) is 11.0 Å². The van der Waals surface area contributed by atoms with E-state index >= 15 is 0 Å². The molecule has 0 radical (unpaired) electrons. The maximum absolute atomic E-state index is 13.4. The molecule has 0 aliphatic carbocycles. The van der Waals surface area contributed by atoms with Crippen LogP contribution in [0.4, 0.5) is 29.3 Å². The molecule has 168 valence electrons. The second-order valence-corrected chi connectivity index (χ2v) is 7.69. The molecule has 1 aliphatic heterocycles. The standard InChI is InChI=1S/C20H30F3N5O2/c1-5-14(2)24-18(29)13-27-8-10-28(11-9-27)19(30)25-17-7-6-15(26(3)4)12-16(17)20(21,22)23/h6-7,12,14H,5,8-11,13H2,1-4H3,(H,24,29)(H,25,30). The van der Waals surface area contributed by atoms with Gasteiger partial charge < -0.3 is 20.4 Å². The summed E-state index contributed by atoms with van der Waals surface area (Å²) in [4.78, 5) is 29.5. The van der Waals surface area contributed by atoms with Crippen molar-refractivity contribution in [2.75, 3.05) is 57.0 Å². The summed E-state index contributed by atoms with van der Waals surface area (Å²) in [5.41, 5.74) is -0.763. The number of piperazine rings is 1. The fourth-order valence-electron chi connectivity index (χ4n) is 3.08. The van der Waals surface area contributed by atoms with Crippen molar-refractivity contribution < 1.29 is 22.8 Å². The number of carbonyl (C=O) groups is 2. The molecule has 1 saturated heterocycles. The molecule has 0 spiro atoms. The van der Waals surface area contributed by atoms with Crippen LogP contribution in [0, 0.1) is 0 Å². The van der Waals surface area contributed by atoms with Gasteiger partial charge in [0.1, 0.15) is 0 Å². The SMILES string of the molecule is CCC(C)NC(=O)CN1CCN(C(=O)Nc2ccc(N(C)C)cc2C(F)(F)F)CC1. The topological polar surface area (TPSA) is 67.9 Å². The number of alkyl halides is 3. The van der Waals surface area contributed by atoms with Crippen molar-refractivity contribution in [2.24, 2.45) is 0 Å². The van der Waals surface area contributed by atoms with Crippen LogP contribution < -0.4 is 15.5 Å². The van der Waals surface area contributed by atoms with Gasteiger partial charge in [-0.15, -0.1) is 0 Å². The molecule has 0 aromatic heterocycles. The molecule has 1 heterocycles. The van der Waals surface area contributed by atoms with Gasteiger partial charge in [-0.25, -0.2) is 4.79 Å². The predicted molar refractivity (Wildman–Crippen MR) is 111 cm³/mol. The number of amides is 3. The predicted octanol–water partition coefficient (Wildman–Crippen LogP) is 2.84. The highest BCUT2D eigenvalue weighted by atomic mass is 19.4. The molecular formula is C20H30F3N5O2. The molecule has 30 heavy (non-hydrogen) atoms. The van der Waals surface area contributed by atoms with E-state index in [-0.39, 0.29) is 24.2 Å². The highest BCUT2D eigenvalue weighted by Crippen LogP contribution is 2.37. The Labute approximate surface area is 175 Å². The number of hydrogen-bond acceptors (Lipinski definition) is 4. The Balaban J connectivity index is 1.96. The Morgan fingerprint density at radius 2 is 1.80 bits per heavy atom. The Hall–Kier alpha value is -2.49. The van der Waals surface area contributed by atoms with E-state index in [9.17, 15) is 22.8 Å². The van der Waals surface area contributed by atoms with Gasteiger partial charge in [0, 0.05) is 52.0 Å². The second kappa shape index (κ2) is 10.0. The molecule has 1 fully saturated rings. The highest BCUT2D eigenvalue weighted by molar-refractivity contribution is 5.90. The Bertz CT molecular complexity index is 746. The molecule has 7 nitrogen and oxygen atoms in total. The molecule has 2 rings (SSSR count). The first-order valence-corrected chi connectivity index (χ1v) is 9.97. The number of nitrogens with one attached hydrogen (secondary N) is 2. The van der Waals surface area contributed by atoms with Crippen LogP contribution in [0.1, 0.15) is 25.8 Å². The number of urea groups is 1. The lowest BCUT2D eigenvalue weighted by molar-refractivity contribution is -0.136. The Morgan fingerprint density at radius 3 is 2.33 bits per heavy atom. The molecular weight excluding hydrogens is 399 g/mol. The summed E-state index contributed by atoms with van der Waals surface area (Å²) >= 11 is 0. The van der Waals surface area contributed by atoms with Gasteiger partial charge in [0.25, 0.3) is 0 Å². The minimum Gasteiger partial charge on any atom is -0.378 e. The number of hydrogen-bond donors (Lipinski definition) is 2. The summed E-state index contributed by atoms with van der Waals surface area (Å²) in [5, 5.41) is 5.29. The zero-order chi connectivity index (χ0) is 22.5. The zero-order valence-electron chi connectivity index (χ0n) is 17.8. The van der Waals surface area contributed by atoms with Crippen molar-refractivity contribution in [1.29, 1.82) is 0 Å². The molecule has 1 aromatic rings. The van der Waals surface area contributed by atoms with Crippen molar-refractivity contribution in [3.63, 3.8) is 0 Å². The maximum Gasteiger partial charge on any atom is 0.418 e. The van der Waals surface area contributed by atoms with E-state index in [1.165, 1.54) is 17.0 Å². The third-order valence-corrected chi connectivity index (χ3v) is 5.11. The molecule has 1 aromatic carbocycles. The van der Waals surface area contributed by atoms with E-state index in [2.05, 4.69) is 10.6 Å². The summed E-state index contributed by atoms with van der Waals surface area (Å²) in [6.07, 6.45) is -3.74. The monoisotopic (exact) mass is 429 g/mol. The second-order valence-electron chi connectivity index (χ2n) is 7.69. The molecule has 0 bridgehead atoms. The van der Waals surface area contributed by atoms with Crippen LogP contribution in [0.3, 0.4) is 0 Å². The van der Waals surface area contributed by atoms with Gasteiger partial charge in [0.15, 0.2) is 0 Å². The summed E-state index contributed by atoms with van der Waals surface area (Å²) in [7, 11) is 3.30.